The molecule has 0 fully saturated rings. The molecule has 1 atom stereocenters. The molecular formula is C16H18Cl2N2OS. The number of aryl methyl sites for hydroxylation is 1. The fourth-order valence-electron chi connectivity index (χ4n) is 2.84. The van der Waals surface area contributed by atoms with Gasteiger partial charge in [0.25, 0.3) is 0 Å². The van der Waals surface area contributed by atoms with Crippen LogP contribution in [0.15, 0.2) is 12.1 Å². The summed E-state index contributed by atoms with van der Waals surface area (Å²) in [6.45, 7) is 0. The van der Waals surface area contributed by atoms with Gasteiger partial charge in [-0.25, -0.2) is 4.98 Å². The van der Waals surface area contributed by atoms with Crippen molar-refractivity contribution in [2.45, 2.75) is 25.4 Å². The molecule has 0 bridgehead atoms. The molecule has 1 unspecified atom stereocenters. The minimum Gasteiger partial charge on any atom is -0.376 e. The zero-order chi connectivity index (χ0) is 15.9. The standard InChI is InChI=1S/C16H18Cl2N2OS/c1-20(2)14-10(17)7-9(8-11(14)18)16-19-12-5-4-6-13(21-3)15(12)22-16/h7-8,13H,4-6H2,1-3H3. The van der Waals surface area contributed by atoms with Crippen molar-refractivity contribution in [2.24, 2.45) is 0 Å². The molecule has 0 N–H and O–H groups in total. The molecule has 0 spiro atoms. The van der Waals surface area contributed by atoms with Crippen LogP contribution in [0.1, 0.15) is 29.5 Å². The van der Waals surface area contributed by atoms with Crippen LogP contribution < -0.4 is 4.90 Å². The largest absolute Gasteiger partial charge is 0.376 e. The lowest BCUT2D eigenvalue weighted by atomic mass is 10.0. The number of aromatic nitrogens is 1. The highest BCUT2D eigenvalue weighted by molar-refractivity contribution is 7.15. The normalized spacial score (nSPS) is 17.4. The molecule has 0 amide bonds. The molecular weight excluding hydrogens is 339 g/mol. The molecule has 22 heavy (non-hydrogen) atoms. The molecule has 1 aliphatic carbocycles. The van der Waals surface area contributed by atoms with E-state index in [0.29, 0.717) is 10.0 Å². The fraction of sp³-hybridized carbons (Fsp3) is 0.438. The summed E-state index contributed by atoms with van der Waals surface area (Å²) in [7, 11) is 5.62. The van der Waals surface area contributed by atoms with E-state index in [1.54, 1.807) is 18.4 Å². The van der Waals surface area contributed by atoms with Crippen molar-refractivity contribution < 1.29 is 4.74 Å². The predicted octanol–water partition coefficient (Wildman–Crippen LogP) is 5.21. The molecule has 1 aromatic heterocycles. The van der Waals surface area contributed by atoms with Crippen LogP contribution in [0.4, 0.5) is 5.69 Å². The first-order valence-electron chi connectivity index (χ1n) is 7.20. The van der Waals surface area contributed by atoms with Crippen molar-refractivity contribution >= 4 is 40.2 Å². The molecule has 0 radical (unpaired) electrons. The molecule has 2 aromatic rings. The Morgan fingerprint density at radius 2 is 1.95 bits per heavy atom. The van der Waals surface area contributed by atoms with Crippen LogP contribution in [0.3, 0.4) is 0 Å². The van der Waals surface area contributed by atoms with E-state index in [1.807, 2.05) is 31.1 Å². The summed E-state index contributed by atoms with van der Waals surface area (Å²) in [6.07, 6.45) is 3.37. The quantitative estimate of drug-likeness (QED) is 0.754. The maximum absolute atomic E-state index is 6.39. The molecule has 1 aromatic carbocycles. The highest BCUT2D eigenvalue weighted by Gasteiger charge is 2.25. The van der Waals surface area contributed by atoms with Crippen molar-refractivity contribution in [1.29, 1.82) is 0 Å². The van der Waals surface area contributed by atoms with Gasteiger partial charge in [-0.1, -0.05) is 23.2 Å². The summed E-state index contributed by atoms with van der Waals surface area (Å²) in [6, 6.07) is 3.88. The van der Waals surface area contributed by atoms with E-state index in [2.05, 4.69) is 0 Å². The first kappa shape index (κ1) is 16.1. The Bertz CT molecular complexity index is 676. The van der Waals surface area contributed by atoms with Gasteiger partial charge in [0.2, 0.25) is 0 Å². The van der Waals surface area contributed by atoms with Gasteiger partial charge in [0.15, 0.2) is 0 Å². The summed E-state index contributed by atoms with van der Waals surface area (Å²) in [5, 5.41) is 2.25. The number of thiazole rings is 1. The third-order valence-corrected chi connectivity index (χ3v) is 5.71. The molecule has 1 aliphatic rings. The lowest BCUT2D eigenvalue weighted by Crippen LogP contribution is -2.09. The number of methoxy groups -OCH3 is 1. The van der Waals surface area contributed by atoms with Crippen molar-refractivity contribution in [2.75, 3.05) is 26.1 Å². The van der Waals surface area contributed by atoms with Crippen LogP contribution in [-0.4, -0.2) is 26.2 Å². The van der Waals surface area contributed by atoms with Crippen LogP contribution in [0.5, 0.6) is 0 Å². The maximum Gasteiger partial charge on any atom is 0.124 e. The van der Waals surface area contributed by atoms with Crippen LogP contribution in [-0.2, 0) is 11.2 Å². The van der Waals surface area contributed by atoms with E-state index in [-0.39, 0.29) is 6.10 Å². The Balaban J connectivity index is 2.04. The van der Waals surface area contributed by atoms with Crippen molar-refractivity contribution in [3.8, 4) is 10.6 Å². The van der Waals surface area contributed by atoms with Gasteiger partial charge in [0.05, 0.1) is 32.4 Å². The van der Waals surface area contributed by atoms with Crippen molar-refractivity contribution in [3.05, 3.63) is 32.7 Å². The number of rotatable bonds is 3. The number of halogens is 2. The second kappa shape index (κ2) is 6.36. The Kier molecular flexibility index (Phi) is 4.64. The summed E-state index contributed by atoms with van der Waals surface area (Å²) >= 11 is 14.5. The van der Waals surface area contributed by atoms with E-state index < -0.39 is 0 Å². The average molecular weight is 357 g/mol. The van der Waals surface area contributed by atoms with E-state index >= 15 is 0 Å². The van der Waals surface area contributed by atoms with Crippen LogP contribution in [0.2, 0.25) is 10.0 Å². The SMILES string of the molecule is COC1CCCc2nc(-c3cc(Cl)c(N(C)C)c(Cl)c3)sc21. The zero-order valence-corrected chi connectivity index (χ0v) is 15.1. The third-order valence-electron chi connectivity index (χ3n) is 3.90. The van der Waals surface area contributed by atoms with Gasteiger partial charge in [-0.3, -0.25) is 0 Å². The number of ether oxygens (including phenoxy) is 1. The number of anilines is 1. The van der Waals surface area contributed by atoms with Gasteiger partial charge in [-0.2, -0.15) is 0 Å². The first-order chi connectivity index (χ1) is 10.5. The van der Waals surface area contributed by atoms with Crippen LogP contribution in [0, 0.1) is 0 Å². The van der Waals surface area contributed by atoms with Gasteiger partial charge in [0.1, 0.15) is 5.01 Å². The van der Waals surface area contributed by atoms with E-state index in [4.69, 9.17) is 32.9 Å². The van der Waals surface area contributed by atoms with Crippen molar-refractivity contribution in [3.63, 3.8) is 0 Å². The second-order valence-corrected chi connectivity index (χ2v) is 7.47. The smallest absolute Gasteiger partial charge is 0.124 e. The Hall–Kier alpha value is -0.810. The predicted molar refractivity (Wildman–Crippen MR) is 94.6 cm³/mol. The average Bonchev–Trinajstić information content (AvgIpc) is 2.89. The fourth-order valence-corrected chi connectivity index (χ4v) is 4.88. The maximum atomic E-state index is 6.39. The first-order valence-corrected chi connectivity index (χ1v) is 8.77. The van der Waals surface area contributed by atoms with Gasteiger partial charge in [0, 0.05) is 26.8 Å². The highest BCUT2D eigenvalue weighted by Crippen LogP contribution is 2.42. The Morgan fingerprint density at radius 1 is 1.27 bits per heavy atom. The molecule has 0 saturated heterocycles. The molecule has 3 rings (SSSR count). The molecule has 3 nitrogen and oxygen atoms in total. The number of fused-ring (bicyclic) bond motifs is 1. The number of hydrogen-bond donors (Lipinski definition) is 0. The number of benzene rings is 1. The minimum atomic E-state index is 0.169. The van der Waals surface area contributed by atoms with Gasteiger partial charge in [-0.15, -0.1) is 11.3 Å². The number of nitrogens with zero attached hydrogens (tertiary/aromatic N) is 2. The highest BCUT2D eigenvalue weighted by atomic mass is 35.5. The molecule has 1 heterocycles. The molecule has 0 saturated carbocycles. The van der Waals surface area contributed by atoms with E-state index in [9.17, 15) is 0 Å². The van der Waals surface area contributed by atoms with Gasteiger partial charge < -0.3 is 9.64 Å². The Morgan fingerprint density at radius 3 is 2.55 bits per heavy atom. The van der Waals surface area contributed by atoms with Crippen molar-refractivity contribution in [1.82, 2.24) is 4.98 Å². The zero-order valence-electron chi connectivity index (χ0n) is 12.8. The van der Waals surface area contributed by atoms with E-state index in [1.165, 1.54) is 4.88 Å². The third kappa shape index (κ3) is 2.85. The summed E-state index contributed by atoms with van der Waals surface area (Å²) in [5.74, 6) is 0. The molecule has 118 valence electrons. The molecule has 0 aliphatic heterocycles. The topological polar surface area (TPSA) is 25.4 Å². The lowest BCUT2D eigenvalue weighted by Gasteiger charge is -2.19. The minimum absolute atomic E-state index is 0.169. The monoisotopic (exact) mass is 356 g/mol. The molecule has 6 heteroatoms. The lowest BCUT2D eigenvalue weighted by molar-refractivity contribution is 0.0908. The van der Waals surface area contributed by atoms with Gasteiger partial charge in [-0.05, 0) is 31.4 Å². The summed E-state index contributed by atoms with van der Waals surface area (Å²) in [4.78, 5) is 7.95. The van der Waals surface area contributed by atoms with Gasteiger partial charge >= 0.3 is 0 Å². The summed E-state index contributed by atoms with van der Waals surface area (Å²) < 4.78 is 5.58. The van der Waals surface area contributed by atoms with Crippen LogP contribution in [0.25, 0.3) is 10.6 Å². The number of hydrogen-bond acceptors (Lipinski definition) is 4. The van der Waals surface area contributed by atoms with E-state index in [0.717, 1.165) is 41.2 Å². The Labute approximate surface area is 144 Å². The second-order valence-electron chi connectivity index (χ2n) is 5.63. The van der Waals surface area contributed by atoms with Crippen LogP contribution >= 0.6 is 34.5 Å². The summed E-state index contributed by atoms with van der Waals surface area (Å²) in [5.41, 5.74) is 2.96.